The Kier molecular flexibility index (Phi) is 2.95. The lowest BCUT2D eigenvalue weighted by Crippen LogP contribution is -2.44. The predicted octanol–water partition coefficient (Wildman–Crippen LogP) is 1.80. The molecule has 1 unspecified atom stereocenters. The Morgan fingerprint density at radius 2 is 2.29 bits per heavy atom. The molecule has 1 aliphatic heterocycles. The van der Waals surface area contributed by atoms with Crippen molar-refractivity contribution >= 4 is 17.9 Å². The fourth-order valence-electron chi connectivity index (χ4n) is 1.81. The molecule has 0 spiro atoms. The molecule has 1 heterocycles. The maximum atomic E-state index is 11.9. The minimum absolute atomic E-state index is 0.125. The van der Waals surface area contributed by atoms with Crippen LogP contribution in [0.1, 0.15) is 17.3 Å². The van der Waals surface area contributed by atoms with Crippen LogP contribution in [0.5, 0.6) is 5.75 Å². The first-order valence-electron chi connectivity index (χ1n) is 5.35. The second-order valence-corrected chi connectivity index (χ2v) is 3.84. The second-order valence-electron chi connectivity index (χ2n) is 3.84. The van der Waals surface area contributed by atoms with Gasteiger partial charge in [0.05, 0.1) is 5.69 Å². The maximum absolute atomic E-state index is 11.9. The standard InChI is InChI=1S/C13H13NO3/c1-3-6-14-11-7-10(8-15)4-5-12(11)17-9(2)13(14)16/h3-5,7-9H,1,6H2,2H3. The summed E-state index contributed by atoms with van der Waals surface area (Å²) in [5, 5.41) is 0. The average Bonchev–Trinajstić information content (AvgIpc) is 2.34. The largest absolute Gasteiger partial charge is 0.479 e. The molecule has 1 atom stereocenters. The Bertz CT molecular complexity index is 482. The third-order valence-corrected chi connectivity index (χ3v) is 2.64. The molecule has 1 aliphatic rings. The van der Waals surface area contributed by atoms with Gasteiger partial charge in [0.2, 0.25) is 0 Å². The zero-order chi connectivity index (χ0) is 12.4. The Balaban J connectivity index is 2.50. The van der Waals surface area contributed by atoms with Gasteiger partial charge in [0.1, 0.15) is 12.0 Å². The molecule has 0 fully saturated rings. The van der Waals surface area contributed by atoms with E-state index in [2.05, 4.69) is 6.58 Å². The molecule has 0 saturated carbocycles. The first-order valence-corrected chi connectivity index (χ1v) is 5.35. The van der Waals surface area contributed by atoms with Crippen molar-refractivity contribution in [3.8, 4) is 5.75 Å². The summed E-state index contributed by atoms with van der Waals surface area (Å²) in [5.74, 6) is 0.491. The van der Waals surface area contributed by atoms with E-state index in [4.69, 9.17) is 4.74 Å². The normalized spacial score (nSPS) is 18.3. The van der Waals surface area contributed by atoms with E-state index in [1.165, 1.54) is 0 Å². The summed E-state index contributed by atoms with van der Waals surface area (Å²) in [6.45, 7) is 5.73. The number of carbonyl (C=O) groups excluding carboxylic acids is 2. The topological polar surface area (TPSA) is 46.6 Å². The fourth-order valence-corrected chi connectivity index (χ4v) is 1.81. The van der Waals surface area contributed by atoms with E-state index in [-0.39, 0.29) is 5.91 Å². The van der Waals surface area contributed by atoms with Crippen LogP contribution in [0.15, 0.2) is 30.9 Å². The lowest BCUT2D eigenvalue weighted by molar-refractivity contribution is -0.125. The van der Waals surface area contributed by atoms with Crippen molar-refractivity contribution in [2.24, 2.45) is 0 Å². The van der Waals surface area contributed by atoms with Crippen LogP contribution in [0, 0.1) is 0 Å². The van der Waals surface area contributed by atoms with Crippen LogP contribution in [0.2, 0.25) is 0 Å². The van der Waals surface area contributed by atoms with Crippen molar-refractivity contribution in [3.63, 3.8) is 0 Å². The molecule has 4 nitrogen and oxygen atoms in total. The first-order chi connectivity index (χ1) is 8.17. The van der Waals surface area contributed by atoms with Gasteiger partial charge in [-0.15, -0.1) is 6.58 Å². The van der Waals surface area contributed by atoms with Crippen LogP contribution >= 0.6 is 0 Å². The zero-order valence-electron chi connectivity index (χ0n) is 9.55. The van der Waals surface area contributed by atoms with Gasteiger partial charge in [-0.25, -0.2) is 0 Å². The number of anilines is 1. The van der Waals surface area contributed by atoms with Crippen molar-refractivity contribution < 1.29 is 14.3 Å². The molecular formula is C13H13NO3. The van der Waals surface area contributed by atoms with Gasteiger partial charge >= 0.3 is 0 Å². The molecule has 2 rings (SSSR count). The highest BCUT2D eigenvalue weighted by atomic mass is 16.5. The lowest BCUT2D eigenvalue weighted by Gasteiger charge is -2.32. The van der Waals surface area contributed by atoms with E-state index in [0.29, 0.717) is 23.5 Å². The number of fused-ring (bicyclic) bond motifs is 1. The number of hydrogen-bond donors (Lipinski definition) is 0. The van der Waals surface area contributed by atoms with E-state index >= 15 is 0 Å². The smallest absolute Gasteiger partial charge is 0.268 e. The van der Waals surface area contributed by atoms with Crippen LogP contribution in [0.25, 0.3) is 0 Å². The summed E-state index contributed by atoms with van der Waals surface area (Å²) >= 11 is 0. The highest BCUT2D eigenvalue weighted by molar-refractivity contribution is 6.00. The maximum Gasteiger partial charge on any atom is 0.268 e. The summed E-state index contributed by atoms with van der Waals surface area (Å²) < 4.78 is 5.48. The average molecular weight is 231 g/mol. The van der Waals surface area contributed by atoms with Gasteiger partial charge in [-0.1, -0.05) is 6.08 Å². The number of rotatable bonds is 3. The Labute approximate surface area is 99.5 Å². The molecular weight excluding hydrogens is 218 g/mol. The fraction of sp³-hybridized carbons (Fsp3) is 0.231. The number of benzene rings is 1. The number of hydrogen-bond acceptors (Lipinski definition) is 3. The van der Waals surface area contributed by atoms with Gasteiger partial charge in [-0.3, -0.25) is 9.59 Å². The number of ether oxygens (including phenoxy) is 1. The third-order valence-electron chi connectivity index (χ3n) is 2.64. The Hall–Kier alpha value is -2.10. The molecule has 0 aromatic heterocycles. The molecule has 1 aromatic rings. The molecule has 0 bridgehead atoms. The van der Waals surface area contributed by atoms with Gasteiger partial charge in [0, 0.05) is 12.1 Å². The van der Waals surface area contributed by atoms with E-state index < -0.39 is 6.10 Å². The zero-order valence-corrected chi connectivity index (χ0v) is 9.55. The number of carbonyl (C=O) groups is 2. The SMILES string of the molecule is C=CCN1C(=O)C(C)Oc2ccc(C=O)cc21. The van der Waals surface area contributed by atoms with Crippen LogP contribution in [0.3, 0.4) is 0 Å². The number of amides is 1. The van der Waals surface area contributed by atoms with Crippen molar-refractivity contribution in [2.45, 2.75) is 13.0 Å². The molecule has 0 aliphatic carbocycles. The monoisotopic (exact) mass is 231 g/mol. The molecule has 4 heteroatoms. The quantitative estimate of drug-likeness (QED) is 0.588. The van der Waals surface area contributed by atoms with Crippen LogP contribution < -0.4 is 9.64 Å². The minimum atomic E-state index is -0.510. The molecule has 1 amide bonds. The molecule has 1 aromatic carbocycles. The molecule has 0 N–H and O–H groups in total. The van der Waals surface area contributed by atoms with Crippen LogP contribution in [0.4, 0.5) is 5.69 Å². The van der Waals surface area contributed by atoms with Gasteiger partial charge in [0.25, 0.3) is 5.91 Å². The van der Waals surface area contributed by atoms with Gasteiger partial charge in [-0.2, -0.15) is 0 Å². The van der Waals surface area contributed by atoms with Gasteiger partial charge in [0.15, 0.2) is 6.10 Å². The van der Waals surface area contributed by atoms with Crippen LogP contribution in [-0.2, 0) is 4.79 Å². The summed E-state index contributed by atoms with van der Waals surface area (Å²) in [7, 11) is 0. The first kappa shape index (κ1) is 11.4. The van der Waals surface area contributed by atoms with Crippen molar-refractivity contribution in [1.29, 1.82) is 0 Å². The molecule has 0 radical (unpaired) electrons. The Morgan fingerprint density at radius 1 is 1.53 bits per heavy atom. The summed E-state index contributed by atoms with van der Waals surface area (Å²) in [4.78, 5) is 24.3. The van der Waals surface area contributed by atoms with E-state index in [0.717, 1.165) is 6.29 Å². The molecule has 88 valence electrons. The number of aldehydes is 1. The minimum Gasteiger partial charge on any atom is -0.479 e. The number of nitrogens with zero attached hydrogens (tertiary/aromatic N) is 1. The van der Waals surface area contributed by atoms with Crippen LogP contribution in [-0.4, -0.2) is 24.8 Å². The predicted molar refractivity (Wildman–Crippen MR) is 64.5 cm³/mol. The van der Waals surface area contributed by atoms with Crippen molar-refractivity contribution in [1.82, 2.24) is 0 Å². The van der Waals surface area contributed by atoms with E-state index in [1.54, 1.807) is 36.1 Å². The lowest BCUT2D eigenvalue weighted by atomic mass is 10.1. The molecule has 17 heavy (non-hydrogen) atoms. The molecule has 0 saturated heterocycles. The summed E-state index contributed by atoms with van der Waals surface area (Å²) in [6.07, 6.45) is 1.88. The van der Waals surface area contributed by atoms with E-state index in [9.17, 15) is 9.59 Å². The van der Waals surface area contributed by atoms with Crippen molar-refractivity contribution in [3.05, 3.63) is 36.4 Å². The second kappa shape index (κ2) is 4.41. The summed E-state index contributed by atoms with van der Waals surface area (Å²) in [6, 6.07) is 5.02. The van der Waals surface area contributed by atoms with E-state index in [1.807, 2.05) is 0 Å². The Morgan fingerprint density at radius 3 is 2.94 bits per heavy atom. The summed E-state index contributed by atoms with van der Waals surface area (Å²) in [5.41, 5.74) is 1.14. The van der Waals surface area contributed by atoms with Crippen molar-refractivity contribution in [2.75, 3.05) is 11.4 Å². The highest BCUT2D eigenvalue weighted by Crippen LogP contribution is 2.34. The van der Waals surface area contributed by atoms with Gasteiger partial charge in [-0.05, 0) is 25.1 Å². The third kappa shape index (κ3) is 1.93. The van der Waals surface area contributed by atoms with Gasteiger partial charge < -0.3 is 9.64 Å². The highest BCUT2D eigenvalue weighted by Gasteiger charge is 2.30.